The number of hydrogen-bond donors (Lipinski definition) is 1. The highest BCUT2D eigenvalue weighted by Gasteiger charge is 2.50. The molecule has 10 heteroatoms. The Morgan fingerprint density at radius 1 is 0.833 bits per heavy atom. The van der Waals surface area contributed by atoms with Gasteiger partial charge in [0.25, 0.3) is 5.91 Å². The van der Waals surface area contributed by atoms with Crippen molar-refractivity contribution < 1.29 is 33.3 Å². The number of fused-ring (bicyclic) bond motifs is 1. The number of halogens is 1. The van der Waals surface area contributed by atoms with Gasteiger partial charge in [-0.05, 0) is 50.1 Å². The molecule has 3 aromatic carbocycles. The second-order valence-electron chi connectivity index (χ2n) is 10.9. The van der Waals surface area contributed by atoms with Crippen molar-refractivity contribution in [1.82, 2.24) is 0 Å². The van der Waals surface area contributed by atoms with Crippen molar-refractivity contribution in [3.05, 3.63) is 64.2 Å². The van der Waals surface area contributed by atoms with Crippen LogP contribution in [0, 0.1) is 0 Å². The summed E-state index contributed by atoms with van der Waals surface area (Å²) in [6.45, 7) is 7.71. The molecule has 1 aliphatic rings. The van der Waals surface area contributed by atoms with Crippen LogP contribution >= 0.6 is 11.6 Å². The number of methoxy groups -OCH3 is 5. The molecule has 3 aromatic rings. The monoisotopic (exact) mass is 596 g/mol. The number of amides is 2. The van der Waals surface area contributed by atoms with Crippen LogP contribution in [0.3, 0.4) is 0 Å². The number of rotatable bonds is 8. The van der Waals surface area contributed by atoms with Gasteiger partial charge in [-0.25, -0.2) is 0 Å². The van der Waals surface area contributed by atoms with Gasteiger partial charge < -0.3 is 33.9 Å². The Balaban J connectivity index is 2.03. The predicted molar refractivity (Wildman–Crippen MR) is 163 cm³/mol. The first-order valence-corrected chi connectivity index (χ1v) is 13.7. The van der Waals surface area contributed by atoms with Gasteiger partial charge in [0.2, 0.25) is 5.91 Å². The summed E-state index contributed by atoms with van der Waals surface area (Å²) in [5.74, 6) is 1.15. The minimum atomic E-state index is -0.653. The van der Waals surface area contributed by atoms with Crippen molar-refractivity contribution in [2.24, 2.45) is 0 Å². The average molecular weight is 597 g/mol. The topological polar surface area (TPSA) is 95.6 Å². The Kier molecular flexibility index (Phi) is 8.55. The first kappa shape index (κ1) is 30.8. The van der Waals surface area contributed by atoms with Gasteiger partial charge in [-0.15, -0.1) is 0 Å². The third-order valence-corrected chi connectivity index (χ3v) is 8.13. The molecule has 0 spiro atoms. The van der Waals surface area contributed by atoms with Gasteiger partial charge in [-0.3, -0.25) is 9.59 Å². The third-order valence-electron chi connectivity index (χ3n) is 7.84. The molecule has 0 aromatic heterocycles. The lowest BCUT2D eigenvalue weighted by atomic mass is 9.64. The Morgan fingerprint density at radius 2 is 1.45 bits per heavy atom. The van der Waals surface area contributed by atoms with Gasteiger partial charge in [0.15, 0.2) is 11.5 Å². The summed E-state index contributed by atoms with van der Waals surface area (Å²) in [7, 11) is 7.52. The molecule has 4 rings (SSSR count). The van der Waals surface area contributed by atoms with Crippen molar-refractivity contribution in [3.63, 3.8) is 0 Å². The fourth-order valence-electron chi connectivity index (χ4n) is 6.27. The highest BCUT2D eigenvalue weighted by atomic mass is 35.5. The first-order valence-electron chi connectivity index (χ1n) is 13.3. The maximum atomic E-state index is 13.9. The molecule has 0 aliphatic carbocycles. The molecule has 224 valence electrons. The summed E-state index contributed by atoms with van der Waals surface area (Å²) in [5.41, 5.74) is 1.51. The molecule has 1 atom stereocenters. The molecular weight excluding hydrogens is 560 g/mol. The molecule has 1 N–H and O–H groups in total. The van der Waals surface area contributed by atoms with Crippen LogP contribution in [-0.4, -0.2) is 52.9 Å². The van der Waals surface area contributed by atoms with E-state index >= 15 is 0 Å². The second kappa shape index (κ2) is 11.6. The summed E-state index contributed by atoms with van der Waals surface area (Å²) in [5, 5.41) is 3.21. The molecule has 0 saturated heterocycles. The smallest absolute Gasteiger partial charge is 0.263 e. The zero-order valence-electron chi connectivity index (χ0n) is 25.4. The van der Waals surface area contributed by atoms with Gasteiger partial charge >= 0.3 is 0 Å². The van der Waals surface area contributed by atoms with Crippen molar-refractivity contribution in [3.8, 4) is 28.7 Å². The van der Waals surface area contributed by atoms with Gasteiger partial charge in [0, 0.05) is 29.5 Å². The van der Waals surface area contributed by atoms with Gasteiger partial charge in [0.1, 0.15) is 28.5 Å². The largest absolute Gasteiger partial charge is 0.497 e. The Bertz CT molecular complexity index is 1520. The lowest BCUT2D eigenvalue weighted by Crippen LogP contribution is -2.55. The fourth-order valence-corrected chi connectivity index (χ4v) is 6.51. The maximum absolute atomic E-state index is 13.9. The van der Waals surface area contributed by atoms with Gasteiger partial charge in [0.05, 0.1) is 46.3 Å². The molecule has 0 fully saturated rings. The van der Waals surface area contributed by atoms with Gasteiger partial charge in [-0.2, -0.15) is 0 Å². The van der Waals surface area contributed by atoms with Gasteiger partial charge in [-0.1, -0.05) is 30.7 Å². The zero-order chi connectivity index (χ0) is 31.0. The van der Waals surface area contributed by atoms with Crippen molar-refractivity contribution in [2.45, 2.75) is 45.1 Å². The highest BCUT2D eigenvalue weighted by Crippen LogP contribution is 2.58. The molecule has 1 heterocycles. The number of benzene rings is 3. The number of ether oxygens (including phenoxy) is 5. The molecule has 2 amide bonds. The van der Waals surface area contributed by atoms with Crippen LogP contribution in [0.5, 0.6) is 28.7 Å². The number of carbonyl (C=O) groups excluding carboxylic acids is 2. The standard InChI is InChI=1S/C32H37ClN2O7/c1-18(36)35-22-16-24(40-7)27(34-30(37)25-23(39-6)15-14-21(33)28(25)41-8)29(42-9)26(22)32(4,17-31(35,2)3)19-10-12-20(38-5)13-11-19/h10-16H,17H2,1-9H3,(H,34,37). The van der Waals surface area contributed by atoms with E-state index in [-0.39, 0.29) is 33.7 Å². The van der Waals surface area contributed by atoms with Crippen LogP contribution in [0.1, 0.15) is 55.6 Å². The summed E-state index contributed by atoms with van der Waals surface area (Å²) in [6.07, 6.45) is 0.560. The second-order valence-corrected chi connectivity index (χ2v) is 11.3. The van der Waals surface area contributed by atoms with Crippen LogP contribution in [0.15, 0.2) is 42.5 Å². The Morgan fingerprint density at radius 3 is 1.98 bits per heavy atom. The summed E-state index contributed by atoms with van der Waals surface area (Å²) in [4.78, 5) is 28.8. The quantitative estimate of drug-likeness (QED) is 0.318. The van der Waals surface area contributed by atoms with E-state index in [1.165, 1.54) is 35.4 Å². The van der Waals surface area contributed by atoms with E-state index in [9.17, 15) is 9.59 Å². The van der Waals surface area contributed by atoms with E-state index in [4.69, 9.17) is 35.3 Å². The zero-order valence-corrected chi connectivity index (χ0v) is 26.2. The lowest BCUT2D eigenvalue weighted by molar-refractivity contribution is -0.117. The van der Waals surface area contributed by atoms with Crippen LogP contribution in [0.25, 0.3) is 0 Å². The lowest BCUT2D eigenvalue weighted by Gasteiger charge is -2.51. The molecule has 1 unspecified atom stereocenters. The average Bonchev–Trinajstić information content (AvgIpc) is 2.95. The van der Waals surface area contributed by atoms with E-state index in [0.29, 0.717) is 23.6 Å². The van der Waals surface area contributed by atoms with E-state index in [1.54, 1.807) is 30.2 Å². The molecule has 0 bridgehead atoms. The summed E-state index contributed by atoms with van der Waals surface area (Å²) in [6, 6.07) is 12.8. The number of nitrogens with zero attached hydrogens (tertiary/aromatic N) is 1. The maximum Gasteiger partial charge on any atom is 0.263 e. The summed E-state index contributed by atoms with van der Waals surface area (Å²) < 4.78 is 28.2. The SMILES string of the molecule is COc1ccc(C2(C)CC(C)(C)N(C(C)=O)c3cc(OC)c(NC(=O)c4c(OC)ccc(Cl)c4OC)c(OC)c32)cc1. The number of hydrogen-bond acceptors (Lipinski definition) is 7. The molecule has 1 aliphatic heterocycles. The Hall–Kier alpha value is -4.11. The molecule has 0 radical (unpaired) electrons. The third kappa shape index (κ3) is 5.06. The molecular formula is C32H37ClN2O7. The van der Waals surface area contributed by atoms with Crippen LogP contribution < -0.4 is 33.9 Å². The van der Waals surface area contributed by atoms with E-state index in [0.717, 1.165) is 16.9 Å². The normalized spacial score (nSPS) is 17.1. The van der Waals surface area contributed by atoms with Crippen LogP contribution in [-0.2, 0) is 10.2 Å². The minimum absolute atomic E-state index is 0.110. The highest BCUT2D eigenvalue weighted by molar-refractivity contribution is 6.33. The van der Waals surface area contributed by atoms with E-state index < -0.39 is 16.9 Å². The molecule has 42 heavy (non-hydrogen) atoms. The number of anilines is 2. The van der Waals surface area contributed by atoms with Crippen molar-refractivity contribution in [2.75, 3.05) is 45.8 Å². The van der Waals surface area contributed by atoms with Crippen LogP contribution in [0.2, 0.25) is 5.02 Å². The Labute approximate surface area is 251 Å². The minimum Gasteiger partial charge on any atom is -0.497 e. The number of nitrogens with one attached hydrogen (secondary N) is 1. The number of carbonyl (C=O) groups is 2. The van der Waals surface area contributed by atoms with Crippen LogP contribution in [0.4, 0.5) is 11.4 Å². The first-order chi connectivity index (χ1) is 19.9. The van der Waals surface area contributed by atoms with Crippen molar-refractivity contribution in [1.29, 1.82) is 0 Å². The summed E-state index contributed by atoms with van der Waals surface area (Å²) >= 11 is 6.36. The molecule has 9 nitrogen and oxygen atoms in total. The fraction of sp³-hybridized carbons (Fsp3) is 0.375. The van der Waals surface area contributed by atoms with Crippen molar-refractivity contribution >= 4 is 34.8 Å². The molecule has 0 saturated carbocycles. The predicted octanol–water partition coefficient (Wildman–Crippen LogP) is 6.48. The van der Waals surface area contributed by atoms with E-state index in [2.05, 4.69) is 12.2 Å². The van der Waals surface area contributed by atoms with E-state index in [1.807, 2.05) is 38.1 Å².